The molecule has 3 rings (SSSR count). The SMILES string of the molecule is COc1cccc(C2CCCN2C(=O)c2ccnc(CN)c2)c1.Cl. The summed E-state index contributed by atoms with van der Waals surface area (Å²) >= 11 is 0. The van der Waals surface area contributed by atoms with Crippen LogP contribution in [0.5, 0.6) is 5.75 Å². The largest absolute Gasteiger partial charge is 0.497 e. The number of methoxy groups -OCH3 is 1. The van der Waals surface area contributed by atoms with Gasteiger partial charge in [0.25, 0.3) is 5.91 Å². The van der Waals surface area contributed by atoms with Crippen LogP contribution in [-0.2, 0) is 6.54 Å². The number of ether oxygens (including phenoxy) is 1. The number of hydrogen-bond acceptors (Lipinski definition) is 4. The molecule has 1 unspecified atom stereocenters. The molecule has 2 N–H and O–H groups in total. The molecule has 1 fully saturated rings. The predicted octanol–water partition coefficient (Wildman–Crippen LogP) is 2.95. The van der Waals surface area contributed by atoms with Crippen LogP contribution in [0.25, 0.3) is 0 Å². The van der Waals surface area contributed by atoms with Crippen molar-refractivity contribution in [1.29, 1.82) is 0 Å². The Hall–Kier alpha value is -2.11. The lowest BCUT2D eigenvalue weighted by molar-refractivity contribution is 0.0735. The van der Waals surface area contributed by atoms with E-state index >= 15 is 0 Å². The molecule has 1 atom stereocenters. The second-order valence-corrected chi connectivity index (χ2v) is 5.67. The van der Waals surface area contributed by atoms with E-state index < -0.39 is 0 Å². The van der Waals surface area contributed by atoms with Crippen molar-refractivity contribution in [3.05, 3.63) is 59.4 Å². The number of nitrogens with zero attached hydrogens (tertiary/aromatic N) is 2. The Morgan fingerprint density at radius 1 is 1.38 bits per heavy atom. The highest BCUT2D eigenvalue weighted by Gasteiger charge is 2.30. The molecule has 1 aliphatic rings. The Labute approximate surface area is 148 Å². The zero-order valence-corrected chi connectivity index (χ0v) is 14.5. The maximum absolute atomic E-state index is 12.9. The van der Waals surface area contributed by atoms with E-state index in [1.54, 1.807) is 25.4 Å². The Bertz CT molecular complexity index is 708. The third kappa shape index (κ3) is 3.68. The van der Waals surface area contributed by atoms with Crippen molar-refractivity contribution >= 4 is 18.3 Å². The van der Waals surface area contributed by atoms with Crippen LogP contribution in [0.15, 0.2) is 42.6 Å². The van der Waals surface area contributed by atoms with Crippen molar-refractivity contribution in [2.45, 2.75) is 25.4 Å². The average molecular weight is 348 g/mol. The maximum Gasteiger partial charge on any atom is 0.254 e. The molecule has 1 saturated heterocycles. The van der Waals surface area contributed by atoms with Crippen LogP contribution in [0.4, 0.5) is 0 Å². The second kappa shape index (κ2) is 8.13. The van der Waals surface area contributed by atoms with Gasteiger partial charge in [-0.3, -0.25) is 9.78 Å². The number of carbonyl (C=O) groups excluding carboxylic acids is 1. The fourth-order valence-electron chi connectivity index (χ4n) is 3.09. The van der Waals surface area contributed by atoms with Crippen LogP contribution in [0.2, 0.25) is 0 Å². The van der Waals surface area contributed by atoms with Crippen molar-refractivity contribution in [1.82, 2.24) is 9.88 Å². The van der Waals surface area contributed by atoms with Crippen LogP contribution < -0.4 is 10.5 Å². The first kappa shape index (κ1) is 18.2. The van der Waals surface area contributed by atoms with E-state index in [9.17, 15) is 4.79 Å². The Morgan fingerprint density at radius 3 is 2.96 bits per heavy atom. The van der Waals surface area contributed by atoms with E-state index in [2.05, 4.69) is 11.1 Å². The molecule has 0 saturated carbocycles. The standard InChI is InChI=1S/C18H21N3O2.ClH/c1-23-16-5-2-4-13(11-16)17-6-3-9-21(17)18(22)14-7-8-20-15(10-14)12-19;/h2,4-5,7-8,10-11,17H,3,6,9,12,19H2,1H3;1H. The van der Waals surface area contributed by atoms with Gasteiger partial charge in [0.05, 0.1) is 18.8 Å². The summed E-state index contributed by atoms with van der Waals surface area (Å²) < 4.78 is 5.30. The summed E-state index contributed by atoms with van der Waals surface area (Å²) in [5, 5.41) is 0. The van der Waals surface area contributed by atoms with Gasteiger partial charge in [-0.2, -0.15) is 0 Å². The summed E-state index contributed by atoms with van der Waals surface area (Å²) in [6.07, 6.45) is 3.61. The van der Waals surface area contributed by atoms with E-state index in [0.29, 0.717) is 12.1 Å². The Kier molecular flexibility index (Phi) is 6.17. The third-order valence-electron chi connectivity index (χ3n) is 4.26. The molecule has 0 bridgehead atoms. The van der Waals surface area contributed by atoms with E-state index in [0.717, 1.165) is 36.4 Å². The molecular formula is C18H22ClN3O2. The first-order valence-electron chi connectivity index (χ1n) is 7.83. The summed E-state index contributed by atoms with van der Waals surface area (Å²) in [7, 11) is 1.65. The van der Waals surface area contributed by atoms with Gasteiger partial charge in [0.15, 0.2) is 0 Å². The van der Waals surface area contributed by atoms with Crippen molar-refractivity contribution in [3.8, 4) is 5.75 Å². The van der Waals surface area contributed by atoms with Crippen LogP contribution >= 0.6 is 12.4 Å². The highest BCUT2D eigenvalue weighted by atomic mass is 35.5. The first-order valence-corrected chi connectivity index (χ1v) is 7.83. The summed E-state index contributed by atoms with van der Waals surface area (Å²) in [4.78, 5) is 19.0. The molecule has 5 nitrogen and oxygen atoms in total. The summed E-state index contributed by atoms with van der Waals surface area (Å²) in [6, 6.07) is 11.6. The molecule has 2 heterocycles. The zero-order chi connectivity index (χ0) is 16.2. The highest BCUT2D eigenvalue weighted by Crippen LogP contribution is 2.34. The zero-order valence-electron chi connectivity index (χ0n) is 13.6. The van der Waals surface area contributed by atoms with Gasteiger partial charge in [0.1, 0.15) is 5.75 Å². The molecule has 1 aromatic carbocycles. The highest BCUT2D eigenvalue weighted by molar-refractivity contribution is 5.94. The number of likely N-dealkylation sites (tertiary alicyclic amines) is 1. The van der Waals surface area contributed by atoms with Gasteiger partial charge in [0, 0.05) is 24.8 Å². The lowest BCUT2D eigenvalue weighted by Gasteiger charge is -2.25. The number of benzene rings is 1. The van der Waals surface area contributed by atoms with Gasteiger partial charge in [0.2, 0.25) is 0 Å². The van der Waals surface area contributed by atoms with Gasteiger partial charge in [-0.1, -0.05) is 12.1 Å². The summed E-state index contributed by atoms with van der Waals surface area (Å²) in [5.41, 5.74) is 8.11. The molecule has 0 radical (unpaired) electrons. The number of hydrogen-bond donors (Lipinski definition) is 1. The molecule has 6 heteroatoms. The fraction of sp³-hybridized carbons (Fsp3) is 0.333. The van der Waals surface area contributed by atoms with E-state index in [1.165, 1.54) is 0 Å². The van der Waals surface area contributed by atoms with Gasteiger partial charge in [-0.15, -0.1) is 12.4 Å². The average Bonchev–Trinajstić information content (AvgIpc) is 3.11. The number of amides is 1. The minimum absolute atomic E-state index is 0. The van der Waals surface area contributed by atoms with E-state index in [-0.39, 0.29) is 24.4 Å². The Balaban J connectivity index is 0.00000208. The van der Waals surface area contributed by atoms with Gasteiger partial charge >= 0.3 is 0 Å². The molecule has 0 spiro atoms. The Morgan fingerprint density at radius 2 is 2.21 bits per heavy atom. The van der Waals surface area contributed by atoms with Crippen molar-refractivity contribution < 1.29 is 9.53 Å². The van der Waals surface area contributed by atoms with Gasteiger partial charge < -0.3 is 15.4 Å². The van der Waals surface area contributed by atoms with Crippen molar-refractivity contribution in [2.75, 3.05) is 13.7 Å². The fourth-order valence-corrected chi connectivity index (χ4v) is 3.09. The van der Waals surface area contributed by atoms with Crippen LogP contribution in [0.1, 0.15) is 40.5 Å². The van der Waals surface area contributed by atoms with Crippen molar-refractivity contribution in [2.24, 2.45) is 5.73 Å². The first-order chi connectivity index (χ1) is 11.2. The third-order valence-corrected chi connectivity index (χ3v) is 4.26. The molecule has 1 amide bonds. The molecule has 24 heavy (non-hydrogen) atoms. The monoisotopic (exact) mass is 347 g/mol. The quantitative estimate of drug-likeness (QED) is 0.923. The summed E-state index contributed by atoms with van der Waals surface area (Å²) in [5.74, 6) is 0.851. The number of aromatic nitrogens is 1. The lowest BCUT2D eigenvalue weighted by atomic mass is 10.0. The lowest BCUT2D eigenvalue weighted by Crippen LogP contribution is -2.30. The van der Waals surface area contributed by atoms with E-state index in [4.69, 9.17) is 10.5 Å². The summed E-state index contributed by atoms with van der Waals surface area (Å²) in [6.45, 7) is 1.10. The van der Waals surface area contributed by atoms with Crippen molar-refractivity contribution in [3.63, 3.8) is 0 Å². The normalized spacial score (nSPS) is 16.6. The number of rotatable bonds is 4. The van der Waals surface area contributed by atoms with Crippen LogP contribution in [0, 0.1) is 0 Å². The molecule has 128 valence electrons. The van der Waals surface area contributed by atoms with Gasteiger partial charge in [-0.25, -0.2) is 0 Å². The predicted molar refractivity (Wildman–Crippen MR) is 95.4 cm³/mol. The minimum Gasteiger partial charge on any atom is -0.497 e. The maximum atomic E-state index is 12.9. The number of nitrogens with two attached hydrogens (primary N) is 1. The minimum atomic E-state index is 0. The number of carbonyl (C=O) groups is 1. The molecule has 1 aromatic heterocycles. The molecule has 0 aliphatic carbocycles. The second-order valence-electron chi connectivity index (χ2n) is 5.67. The van der Waals surface area contributed by atoms with Crippen LogP contribution in [0.3, 0.4) is 0 Å². The molecular weight excluding hydrogens is 326 g/mol. The molecule has 1 aliphatic heterocycles. The number of halogens is 1. The van der Waals surface area contributed by atoms with Crippen LogP contribution in [-0.4, -0.2) is 29.4 Å². The number of pyridine rings is 1. The topological polar surface area (TPSA) is 68.5 Å². The van der Waals surface area contributed by atoms with E-state index in [1.807, 2.05) is 23.1 Å². The smallest absolute Gasteiger partial charge is 0.254 e. The van der Waals surface area contributed by atoms with Gasteiger partial charge in [-0.05, 0) is 42.7 Å². The molecule has 2 aromatic rings.